The second kappa shape index (κ2) is 9.95. The molecule has 1 aliphatic heterocycles. The molecule has 0 unspecified atom stereocenters. The molecule has 1 atom stereocenters. The minimum Gasteiger partial charge on any atom is -0.495 e. The van der Waals surface area contributed by atoms with Gasteiger partial charge in [0.2, 0.25) is 10.0 Å². The van der Waals surface area contributed by atoms with Gasteiger partial charge in [-0.3, -0.25) is 9.29 Å². The molecule has 208 valence electrons. The molecule has 2 heterocycles. The highest BCUT2D eigenvalue weighted by Gasteiger charge is 2.39. The minimum atomic E-state index is -3.75. The van der Waals surface area contributed by atoms with Crippen molar-refractivity contribution < 1.29 is 27.8 Å². The van der Waals surface area contributed by atoms with Gasteiger partial charge in [0.1, 0.15) is 5.75 Å². The van der Waals surface area contributed by atoms with Crippen molar-refractivity contribution in [2.75, 3.05) is 17.7 Å². The van der Waals surface area contributed by atoms with Crippen molar-refractivity contribution in [3.05, 3.63) is 63.8 Å². The number of fused-ring (bicyclic) bond motifs is 3. The van der Waals surface area contributed by atoms with Gasteiger partial charge in [-0.1, -0.05) is 23.8 Å². The molecule has 3 aromatic rings. The van der Waals surface area contributed by atoms with E-state index in [0.29, 0.717) is 44.9 Å². The number of aryl methyl sites for hydroxylation is 2. The van der Waals surface area contributed by atoms with E-state index in [-0.39, 0.29) is 6.54 Å². The van der Waals surface area contributed by atoms with Gasteiger partial charge in [-0.25, -0.2) is 13.2 Å². The van der Waals surface area contributed by atoms with Gasteiger partial charge in [-0.15, -0.1) is 0 Å². The van der Waals surface area contributed by atoms with Crippen molar-refractivity contribution in [3.63, 3.8) is 0 Å². The summed E-state index contributed by atoms with van der Waals surface area (Å²) in [5.41, 5.74) is 6.95. The van der Waals surface area contributed by atoms with E-state index in [0.717, 1.165) is 28.5 Å². The van der Waals surface area contributed by atoms with E-state index in [1.165, 1.54) is 11.4 Å². The molecule has 0 saturated heterocycles. The second-order valence-corrected chi connectivity index (χ2v) is 13.1. The van der Waals surface area contributed by atoms with E-state index >= 15 is 0 Å². The zero-order valence-corrected chi connectivity index (χ0v) is 24.8. The molecule has 0 aliphatic carbocycles. The third kappa shape index (κ3) is 5.25. The highest BCUT2D eigenvalue weighted by molar-refractivity contribution is 7.92. The number of nitrogens with zero attached hydrogens (tertiary/aromatic N) is 2. The second-order valence-electron chi connectivity index (χ2n) is 11.2. The maximum absolute atomic E-state index is 13.2. The number of methoxy groups -OCH3 is 1. The standard InChI is InChI=1S/C30H36N2O6S/c1-16-10-11-22(17(2)12-16)23-18(3)25-26-20(13-21(37-8)14-31-26)15-32(39(9,35)36)27(25)19(4)24(23)28(29(33)34)38-30(5,6)7/h10-14,28H,15H2,1-9H3,(H,33,34)/t28-/m0/s1. The summed E-state index contributed by atoms with van der Waals surface area (Å²) in [6.07, 6.45) is 1.43. The van der Waals surface area contributed by atoms with Gasteiger partial charge in [0.15, 0.2) is 6.10 Å². The molecule has 0 bridgehead atoms. The van der Waals surface area contributed by atoms with Crippen LogP contribution in [-0.2, 0) is 26.1 Å². The summed E-state index contributed by atoms with van der Waals surface area (Å²) in [7, 11) is -2.22. The number of ether oxygens (including phenoxy) is 2. The van der Waals surface area contributed by atoms with E-state index in [1.54, 1.807) is 40.0 Å². The number of sulfonamides is 1. The van der Waals surface area contributed by atoms with Crippen molar-refractivity contribution >= 4 is 21.7 Å². The lowest BCUT2D eigenvalue weighted by Crippen LogP contribution is -2.35. The number of hydrogen-bond donors (Lipinski definition) is 1. The molecule has 0 fully saturated rings. The first-order valence-corrected chi connectivity index (χ1v) is 14.6. The van der Waals surface area contributed by atoms with Gasteiger partial charge in [-0.2, -0.15) is 0 Å². The van der Waals surface area contributed by atoms with Crippen molar-refractivity contribution in [3.8, 4) is 28.1 Å². The van der Waals surface area contributed by atoms with E-state index in [9.17, 15) is 18.3 Å². The summed E-state index contributed by atoms with van der Waals surface area (Å²) in [5, 5.41) is 10.5. The van der Waals surface area contributed by atoms with Crippen molar-refractivity contribution in [1.29, 1.82) is 0 Å². The van der Waals surface area contributed by atoms with Crippen LogP contribution < -0.4 is 9.04 Å². The van der Waals surface area contributed by atoms with Gasteiger partial charge in [0.05, 0.1) is 43.1 Å². The molecule has 4 rings (SSSR count). The third-order valence-corrected chi connectivity index (χ3v) is 8.11. The Labute approximate surface area is 230 Å². The quantitative estimate of drug-likeness (QED) is 0.407. The number of benzene rings is 2. The number of pyridine rings is 1. The molecule has 1 aliphatic rings. The predicted molar refractivity (Wildman–Crippen MR) is 153 cm³/mol. The van der Waals surface area contributed by atoms with Gasteiger partial charge in [-0.05, 0) is 82.3 Å². The smallest absolute Gasteiger partial charge is 0.337 e. The maximum Gasteiger partial charge on any atom is 0.337 e. The van der Waals surface area contributed by atoms with E-state index in [4.69, 9.17) is 14.5 Å². The molecule has 0 radical (unpaired) electrons. The van der Waals surface area contributed by atoms with Crippen LogP contribution in [0.1, 0.15) is 60.3 Å². The van der Waals surface area contributed by atoms with Crippen LogP contribution in [0.5, 0.6) is 5.75 Å². The van der Waals surface area contributed by atoms with Crippen LogP contribution in [0.3, 0.4) is 0 Å². The molecule has 1 N–H and O–H groups in total. The number of rotatable bonds is 6. The Kier molecular flexibility index (Phi) is 7.29. The van der Waals surface area contributed by atoms with Crippen LogP contribution in [0.15, 0.2) is 30.5 Å². The number of carboxylic acids is 1. The van der Waals surface area contributed by atoms with Crippen LogP contribution in [-0.4, -0.2) is 43.4 Å². The van der Waals surface area contributed by atoms with Gasteiger partial charge in [0, 0.05) is 16.7 Å². The van der Waals surface area contributed by atoms with Crippen molar-refractivity contribution in [2.24, 2.45) is 0 Å². The summed E-state index contributed by atoms with van der Waals surface area (Å²) in [5.74, 6) is -0.626. The first-order valence-electron chi connectivity index (χ1n) is 12.7. The lowest BCUT2D eigenvalue weighted by atomic mass is 9.80. The van der Waals surface area contributed by atoms with Crippen molar-refractivity contribution in [1.82, 2.24) is 4.98 Å². The van der Waals surface area contributed by atoms with E-state index in [1.807, 2.05) is 39.0 Å². The summed E-state index contributed by atoms with van der Waals surface area (Å²) in [4.78, 5) is 17.5. The highest BCUT2D eigenvalue weighted by Crippen LogP contribution is 2.51. The van der Waals surface area contributed by atoms with Crippen LogP contribution in [0.4, 0.5) is 5.69 Å². The molecule has 0 saturated carbocycles. The topological polar surface area (TPSA) is 106 Å². The Morgan fingerprint density at radius 1 is 1.08 bits per heavy atom. The number of anilines is 1. The molecule has 2 aromatic carbocycles. The normalized spacial score (nSPS) is 14.0. The zero-order valence-electron chi connectivity index (χ0n) is 24.0. The Balaban J connectivity index is 2.23. The summed E-state index contributed by atoms with van der Waals surface area (Å²) < 4.78 is 39.3. The monoisotopic (exact) mass is 552 g/mol. The first-order chi connectivity index (χ1) is 18.0. The van der Waals surface area contributed by atoms with Crippen LogP contribution in [0.25, 0.3) is 22.4 Å². The Hall–Kier alpha value is -3.43. The zero-order chi connectivity index (χ0) is 29.0. The van der Waals surface area contributed by atoms with Crippen molar-refractivity contribution in [2.45, 2.75) is 66.7 Å². The average molecular weight is 553 g/mol. The number of carboxylic acid groups (broad SMARTS) is 1. The summed E-state index contributed by atoms with van der Waals surface area (Å²) >= 11 is 0. The lowest BCUT2D eigenvalue weighted by molar-refractivity contribution is -0.160. The summed E-state index contributed by atoms with van der Waals surface area (Å²) in [6.45, 7) is 13.1. The number of carbonyl (C=O) groups is 1. The fourth-order valence-corrected chi connectivity index (χ4v) is 6.36. The number of aromatic nitrogens is 1. The first kappa shape index (κ1) is 28.6. The van der Waals surface area contributed by atoms with Gasteiger partial charge >= 0.3 is 5.97 Å². The minimum absolute atomic E-state index is 0.0475. The van der Waals surface area contributed by atoms with Gasteiger partial charge < -0.3 is 14.6 Å². The summed E-state index contributed by atoms with van der Waals surface area (Å²) in [6, 6.07) is 7.82. The average Bonchev–Trinajstić information content (AvgIpc) is 2.82. The molecule has 0 spiro atoms. The van der Waals surface area contributed by atoms with E-state index < -0.39 is 27.7 Å². The molecular formula is C30H36N2O6S. The van der Waals surface area contributed by atoms with E-state index in [2.05, 4.69) is 0 Å². The van der Waals surface area contributed by atoms with Crippen LogP contribution in [0, 0.1) is 27.7 Å². The largest absolute Gasteiger partial charge is 0.495 e. The highest BCUT2D eigenvalue weighted by atomic mass is 32.2. The molecule has 1 aromatic heterocycles. The molecule has 8 nitrogen and oxygen atoms in total. The van der Waals surface area contributed by atoms with Crippen LogP contribution >= 0.6 is 0 Å². The maximum atomic E-state index is 13.2. The molecular weight excluding hydrogens is 516 g/mol. The lowest BCUT2D eigenvalue weighted by Gasteiger charge is -2.37. The SMILES string of the molecule is COc1cnc2c(c1)CN(S(C)(=O)=O)c1c(C)c([C@H](OC(C)(C)C)C(=O)O)c(-c3ccc(C)cc3C)c(C)c1-2. The Morgan fingerprint density at radius 2 is 1.74 bits per heavy atom. The Morgan fingerprint density at radius 3 is 2.28 bits per heavy atom. The number of hydrogen-bond acceptors (Lipinski definition) is 6. The fourth-order valence-electron chi connectivity index (χ4n) is 5.43. The molecule has 9 heteroatoms. The number of aliphatic carboxylic acids is 1. The fraction of sp³-hybridized carbons (Fsp3) is 0.400. The van der Waals surface area contributed by atoms with Gasteiger partial charge in [0.25, 0.3) is 0 Å². The predicted octanol–water partition coefficient (Wildman–Crippen LogP) is 5.88. The Bertz CT molecular complexity index is 1590. The molecule has 0 amide bonds. The van der Waals surface area contributed by atoms with Crippen LogP contribution in [0.2, 0.25) is 0 Å². The molecule has 39 heavy (non-hydrogen) atoms. The third-order valence-electron chi connectivity index (χ3n) is 7.00.